The molecule has 0 fully saturated rings. The van der Waals surface area contributed by atoms with Crippen LogP contribution in [0.1, 0.15) is 35.1 Å². The molecule has 0 spiro atoms. The van der Waals surface area contributed by atoms with E-state index in [9.17, 15) is 9.59 Å². The van der Waals surface area contributed by atoms with Crippen molar-refractivity contribution in [1.82, 2.24) is 14.5 Å². The fourth-order valence-electron chi connectivity index (χ4n) is 3.91. The van der Waals surface area contributed by atoms with E-state index in [1.54, 1.807) is 55.6 Å². The summed E-state index contributed by atoms with van der Waals surface area (Å²) in [5.41, 5.74) is 9.08. The molecule has 0 unspecified atom stereocenters. The van der Waals surface area contributed by atoms with E-state index in [1.807, 2.05) is 29.8 Å². The van der Waals surface area contributed by atoms with E-state index >= 15 is 0 Å². The third kappa shape index (κ3) is 5.92. The van der Waals surface area contributed by atoms with Gasteiger partial charge in [0.15, 0.2) is 0 Å². The van der Waals surface area contributed by atoms with E-state index in [0.717, 1.165) is 22.5 Å². The van der Waals surface area contributed by atoms with Gasteiger partial charge in [-0.25, -0.2) is 9.97 Å². The smallest absolute Gasteiger partial charge is 0.307 e. The lowest BCUT2D eigenvalue weighted by Crippen LogP contribution is -2.34. The molecule has 10 nitrogen and oxygen atoms in total. The molecule has 0 saturated carbocycles. The number of imidazole rings is 1. The summed E-state index contributed by atoms with van der Waals surface area (Å²) in [5.74, 6) is 0.638. The number of anilines is 2. The average molecular weight is 500 g/mol. The molecule has 190 valence electrons. The molecule has 0 radical (unpaired) electrons. The number of nitrogen functional groups attached to an aromatic ring is 1. The Morgan fingerprint density at radius 2 is 1.86 bits per heavy atom. The minimum Gasteiger partial charge on any atom is -0.466 e. The maximum absolute atomic E-state index is 13.5. The minimum atomic E-state index is -0.369. The Morgan fingerprint density at radius 1 is 1.11 bits per heavy atom. The summed E-state index contributed by atoms with van der Waals surface area (Å²) >= 11 is 0. The number of rotatable bonds is 10. The first-order valence-corrected chi connectivity index (χ1v) is 11.9. The Hall–Kier alpha value is -4.73. The molecular formula is C27H29N7O3. The van der Waals surface area contributed by atoms with Gasteiger partial charge >= 0.3 is 5.97 Å². The molecule has 0 saturated heterocycles. The van der Waals surface area contributed by atoms with E-state index in [-0.39, 0.29) is 37.3 Å². The zero-order valence-corrected chi connectivity index (χ0v) is 20.8. The molecule has 10 heteroatoms. The number of aromatic nitrogens is 3. The highest BCUT2D eigenvalue weighted by molar-refractivity contribution is 6.07. The van der Waals surface area contributed by atoms with Gasteiger partial charge in [-0.05, 0) is 61.5 Å². The molecule has 4 aromatic rings. The largest absolute Gasteiger partial charge is 0.466 e. The van der Waals surface area contributed by atoms with Gasteiger partial charge in [0, 0.05) is 36.6 Å². The topological polar surface area (TPSA) is 139 Å². The maximum Gasteiger partial charge on any atom is 0.307 e. The summed E-state index contributed by atoms with van der Waals surface area (Å²) in [5, 5.41) is 10.8. The summed E-state index contributed by atoms with van der Waals surface area (Å²) in [6, 6.07) is 17.9. The number of nitrogens with one attached hydrogen (secondary N) is 2. The van der Waals surface area contributed by atoms with Crippen LogP contribution in [0.2, 0.25) is 0 Å². The van der Waals surface area contributed by atoms with E-state index in [4.69, 9.17) is 20.9 Å². The maximum atomic E-state index is 13.5. The lowest BCUT2D eigenvalue weighted by molar-refractivity contribution is -0.142. The van der Waals surface area contributed by atoms with Gasteiger partial charge in [0.1, 0.15) is 17.5 Å². The van der Waals surface area contributed by atoms with Crippen LogP contribution in [0.5, 0.6) is 0 Å². The number of nitrogens with two attached hydrogens (primary N) is 1. The summed E-state index contributed by atoms with van der Waals surface area (Å²) in [6.07, 6.45) is 1.67. The van der Waals surface area contributed by atoms with Crippen molar-refractivity contribution in [3.8, 4) is 0 Å². The molecule has 0 aliphatic rings. The number of amidine groups is 1. The van der Waals surface area contributed by atoms with Crippen molar-refractivity contribution in [2.24, 2.45) is 12.8 Å². The summed E-state index contributed by atoms with van der Waals surface area (Å²) in [6.45, 7) is 2.65. The molecule has 2 aromatic carbocycles. The fraction of sp³-hybridized carbons (Fsp3) is 0.222. The Balaban J connectivity index is 1.55. The molecule has 0 aliphatic carbocycles. The number of hydrogen-bond acceptors (Lipinski definition) is 7. The van der Waals surface area contributed by atoms with Crippen LogP contribution < -0.4 is 16.0 Å². The second-order valence-electron chi connectivity index (χ2n) is 8.33. The van der Waals surface area contributed by atoms with Crippen molar-refractivity contribution in [3.05, 3.63) is 83.8 Å². The highest BCUT2D eigenvalue weighted by Gasteiger charge is 2.21. The summed E-state index contributed by atoms with van der Waals surface area (Å²) in [7, 11) is 1.90. The molecule has 2 heterocycles. The van der Waals surface area contributed by atoms with Crippen molar-refractivity contribution in [3.63, 3.8) is 0 Å². The van der Waals surface area contributed by atoms with Crippen LogP contribution in [0.15, 0.2) is 66.9 Å². The highest BCUT2D eigenvalue weighted by atomic mass is 16.5. The standard InChI is InChI=1S/C27H29N7O3/c1-3-37-25(35)13-15-34(23-6-4-5-14-30-23)27(36)19-9-12-21-22(16-19)33(2)24(32-21)17-31-20-10-7-18(8-11-20)26(28)29/h4-12,14,16,31H,3,13,15,17H2,1-2H3,(H3,28,29). The van der Waals surface area contributed by atoms with Crippen molar-refractivity contribution in [2.75, 3.05) is 23.4 Å². The SMILES string of the molecule is CCOC(=O)CCN(C(=O)c1ccc2nc(CNc3ccc(C(=N)N)cc3)n(C)c2c1)c1ccccn1. The van der Waals surface area contributed by atoms with Gasteiger partial charge in [-0.1, -0.05) is 6.07 Å². The third-order valence-electron chi connectivity index (χ3n) is 5.88. The first kappa shape index (κ1) is 25.4. The predicted molar refractivity (Wildman–Crippen MR) is 143 cm³/mol. The molecule has 0 aliphatic heterocycles. The van der Waals surface area contributed by atoms with Crippen molar-refractivity contribution in [1.29, 1.82) is 5.41 Å². The number of pyridine rings is 1. The number of aryl methyl sites for hydroxylation is 1. The number of carbonyl (C=O) groups excluding carboxylic acids is 2. The number of esters is 1. The van der Waals surface area contributed by atoms with Crippen LogP contribution in [-0.4, -0.2) is 45.4 Å². The molecule has 4 rings (SSSR count). The molecule has 2 aromatic heterocycles. The zero-order chi connectivity index (χ0) is 26.4. The van der Waals surface area contributed by atoms with E-state index in [2.05, 4.69) is 10.3 Å². The second kappa shape index (κ2) is 11.3. The Kier molecular flexibility index (Phi) is 7.77. The van der Waals surface area contributed by atoms with Crippen LogP contribution in [-0.2, 0) is 23.1 Å². The van der Waals surface area contributed by atoms with Crippen molar-refractivity contribution in [2.45, 2.75) is 19.9 Å². The van der Waals surface area contributed by atoms with E-state index < -0.39 is 0 Å². The van der Waals surface area contributed by atoms with Gasteiger partial charge in [0.25, 0.3) is 5.91 Å². The number of nitrogens with zero attached hydrogens (tertiary/aromatic N) is 4. The number of amides is 1. The van der Waals surface area contributed by atoms with Gasteiger partial charge in [0.2, 0.25) is 0 Å². The minimum absolute atomic E-state index is 0.0229. The number of carbonyl (C=O) groups is 2. The van der Waals surface area contributed by atoms with Gasteiger partial charge in [0.05, 0.1) is 30.6 Å². The van der Waals surface area contributed by atoms with E-state index in [1.165, 1.54) is 4.90 Å². The van der Waals surface area contributed by atoms with Crippen LogP contribution in [0.3, 0.4) is 0 Å². The number of hydrogen-bond donors (Lipinski definition) is 3. The van der Waals surface area contributed by atoms with Gasteiger partial charge < -0.3 is 20.4 Å². The average Bonchev–Trinajstić information content (AvgIpc) is 3.23. The first-order valence-electron chi connectivity index (χ1n) is 11.9. The van der Waals surface area contributed by atoms with Crippen LogP contribution >= 0.6 is 0 Å². The number of ether oxygens (including phenoxy) is 1. The van der Waals surface area contributed by atoms with Gasteiger partial charge in [-0.15, -0.1) is 0 Å². The Morgan fingerprint density at radius 3 is 2.54 bits per heavy atom. The van der Waals surface area contributed by atoms with Crippen molar-refractivity contribution < 1.29 is 14.3 Å². The third-order valence-corrected chi connectivity index (χ3v) is 5.88. The molecular weight excluding hydrogens is 470 g/mol. The molecule has 0 atom stereocenters. The molecule has 37 heavy (non-hydrogen) atoms. The number of fused-ring (bicyclic) bond motifs is 1. The normalized spacial score (nSPS) is 10.8. The highest BCUT2D eigenvalue weighted by Crippen LogP contribution is 2.21. The van der Waals surface area contributed by atoms with E-state index in [0.29, 0.717) is 23.5 Å². The Labute approximate surface area is 214 Å². The zero-order valence-electron chi connectivity index (χ0n) is 20.8. The number of benzene rings is 2. The second-order valence-corrected chi connectivity index (χ2v) is 8.33. The molecule has 0 bridgehead atoms. The van der Waals surface area contributed by atoms with Crippen LogP contribution in [0, 0.1) is 5.41 Å². The summed E-state index contributed by atoms with van der Waals surface area (Å²) in [4.78, 5) is 36.0. The monoisotopic (exact) mass is 499 g/mol. The molecule has 1 amide bonds. The Bertz CT molecular complexity index is 1420. The summed E-state index contributed by atoms with van der Waals surface area (Å²) < 4.78 is 6.97. The predicted octanol–water partition coefficient (Wildman–Crippen LogP) is 3.46. The lowest BCUT2D eigenvalue weighted by atomic mass is 10.1. The van der Waals surface area contributed by atoms with Gasteiger partial charge in [-0.3, -0.25) is 19.9 Å². The van der Waals surface area contributed by atoms with Crippen molar-refractivity contribution >= 4 is 40.3 Å². The van der Waals surface area contributed by atoms with Gasteiger partial charge in [-0.2, -0.15) is 0 Å². The van der Waals surface area contributed by atoms with Crippen LogP contribution in [0.4, 0.5) is 11.5 Å². The fourth-order valence-corrected chi connectivity index (χ4v) is 3.91. The first-order chi connectivity index (χ1) is 17.9. The lowest BCUT2D eigenvalue weighted by Gasteiger charge is -2.21. The molecule has 4 N–H and O–H groups in total. The quantitative estimate of drug-likeness (QED) is 0.172. The van der Waals surface area contributed by atoms with Crippen LogP contribution in [0.25, 0.3) is 11.0 Å².